The SMILES string of the molecule is COc1ccc2c(c1OC)C(=O)OC2C1c2c(c(CNc3ccccc3)c3c(c2OC)OCO3)CCN1C. The molecule has 38 heavy (non-hydrogen) atoms. The third-order valence-electron chi connectivity index (χ3n) is 7.57. The number of hydrogen-bond acceptors (Lipinski definition) is 9. The lowest BCUT2D eigenvalue weighted by Gasteiger charge is -2.39. The number of esters is 1. The highest BCUT2D eigenvalue weighted by atomic mass is 16.7. The van der Waals surface area contributed by atoms with E-state index in [9.17, 15) is 4.79 Å². The van der Waals surface area contributed by atoms with Gasteiger partial charge in [0, 0.05) is 35.5 Å². The van der Waals surface area contributed by atoms with Gasteiger partial charge in [-0.3, -0.25) is 4.90 Å². The first-order valence-electron chi connectivity index (χ1n) is 12.5. The van der Waals surface area contributed by atoms with Crippen LogP contribution in [-0.2, 0) is 17.7 Å². The van der Waals surface area contributed by atoms with Crippen molar-refractivity contribution in [1.82, 2.24) is 4.90 Å². The lowest BCUT2D eigenvalue weighted by Crippen LogP contribution is -2.37. The molecular weight excluding hydrogens is 488 g/mol. The Morgan fingerprint density at radius 1 is 0.974 bits per heavy atom. The number of carbonyl (C=O) groups excluding carboxylic acids is 1. The lowest BCUT2D eigenvalue weighted by molar-refractivity contribution is 0.00869. The largest absolute Gasteiger partial charge is 0.493 e. The van der Waals surface area contributed by atoms with Gasteiger partial charge in [-0.15, -0.1) is 0 Å². The molecule has 1 N–H and O–H groups in total. The van der Waals surface area contributed by atoms with Crippen molar-refractivity contribution in [3.05, 3.63) is 70.3 Å². The lowest BCUT2D eigenvalue weighted by atomic mass is 9.83. The molecule has 9 nitrogen and oxygen atoms in total. The molecule has 2 unspecified atom stereocenters. The second-order valence-electron chi connectivity index (χ2n) is 9.46. The topological polar surface area (TPSA) is 87.7 Å². The average molecular weight is 519 g/mol. The van der Waals surface area contributed by atoms with Gasteiger partial charge in [0.15, 0.2) is 23.0 Å². The highest BCUT2D eigenvalue weighted by molar-refractivity contribution is 5.98. The number of benzene rings is 3. The van der Waals surface area contributed by atoms with Gasteiger partial charge in [-0.05, 0) is 37.2 Å². The van der Waals surface area contributed by atoms with E-state index in [1.807, 2.05) is 49.5 Å². The Hall–Kier alpha value is -4.11. The molecule has 2 atom stereocenters. The molecule has 0 saturated carbocycles. The Kier molecular flexibility index (Phi) is 6.15. The van der Waals surface area contributed by atoms with E-state index < -0.39 is 12.1 Å². The molecule has 6 rings (SSSR count). The fourth-order valence-electron chi connectivity index (χ4n) is 5.86. The molecule has 0 aromatic heterocycles. The van der Waals surface area contributed by atoms with Crippen molar-refractivity contribution in [2.24, 2.45) is 0 Å². The number of rotatable bonds is 7. The summed E-state index contributed by atoms with van der Waals surface area (Å²) in [6.45, 7) is 1.42. The van der Waals surface area contributed by atoms with Crippen molar-refractivity contribution in [2.75, 3.05) is 47.0 Å². The summed E-state index contributed by atoms with van der Waals surface area (Å²) < 4.78 is 35.0. The van der Waals surface area contributed by atoms with Crippen LogP contribution in [0.3, 0.4) is 0 Å². The van der Waals surface area contributed by atoms with Crippen LogP contribution < -0.4 is 29.0 Å². The second kappa shape index (κ2) is 9.64. The number of ether oxygens (including phenoxy) is 6. The predicted octanol–water partition coefficient (Wildman–Crippen LogP) is 4.49. The Bertz CT molecular complexity index is 1390. The summed E-state index contributed by atoms with van der Waals surface area (Å²) in [5.41, 5.74) is 5.23. The van der Waals surface area contributed by atoms with Crippen LogP contribution in [0.4, 0.5) is 5.69 Å². The molecule has 198 valence electrons. The quantitative estimate of drug-likeness (QED) is 0.455. The van der Waals surface area contributed by atoms with Crippen molar-refractivity contribution in [1.29, 1.82) is 0 Å². The number of fused-ring (bicyclic) bond motifs is 3. The molecule has 0 radical (unpaired) electrons. The summed E-state index contributed by atoms with van der Waals surface area (Å²) in [5, 5.41) is 3.52. The predicted molar refractivity (Wildman–Crippen MR) is 140 cm³/mol. The van der Waals surface area contributed by atoms with E-state index in [1.54, 1.807) is 14.2 Å². The summed E-state index contributed by atoms with van der Waals surface area (Å²) in [5.74, 6) is 2.30. The molecule has 0 bridgehead atoms. The zero-order valence-corrected chi connectivity index (χ0v) is 21.8. The van der Waals surface area contributed by atoms with E-state index in [0.29, 0.717) is 40.9 Å². The van der Waals surface area contributed by atoms with Gasteiger partial charge < -0.3 is 33.7 Å². The smallest absolute Gasteiger partial charge is 0.343 e. The van der Waals surface area contributed by atoms with Crippen molar-refractivity contribution < 1.29 is 33.2 Å². The average Bonchev–Trinajstić information content (AvgIpc) is 3.56. The molecule has 3 aliphatic heterocycles. The molecule has 0 spiro atoms. The number of para-hydroxylation sites is 1. The van der Waals surface area contributed by atoms with Crippen LogP contribution in [0.15, 0.2) is 42.5 Å². The van der Waals surface area contributed by atoms with Gasteiger partial charge in [-0.1, -0.05) is 24.3 Å². The molecule has 3 aliphatic rings. The van der Waals surface area contributed by atoms with Crippen LogP contribution in [0.25, 0.3) is 0 Å². The number of likely N-dealkylation sites (N-methyl/N-ethyl adjacent to an activating group) is 1. The number of anilines is 1. The molecule has 0 fully saturated rings. The maximum Gasteiger partial charge on any atom is 0.343 e. The normalized spacial score (nSPS) is 19.4. The van der Waals surface area contributed by atoms with E-state index in [4.69, 9.17) is 28.4 Å². The summed E-state index contributed by atoms with van der Waals surface area (Å²) in [6, 6.07) is 13.4. The molecule has 3 aromatic carbocycles. The van der Waals surface area contributed by atoms with Crippen LogP contribution in [0, 0.1) is 0 Å². The molecule has 0 amide bonds. The van der Waals surface area contributed by atoms with Crippen LogP contribution in [0.2, 0.25) is 0 Å². The maximum atomic E-state index is 13.2. The fraction of sp³-hybridized carbons (Fsp3) is 0.345. The van der Waals surface area contributed by atoms with Crippen LogP contribution in [-0.4, -0.2) is 52.6 Å². The first-order valence-corrected chi connectivity index (χ1v) is 12.5. The molecule has 9 heteroatoms. The van der Waals surface area contributed by atoms with Gasteiger partial charge in [-0.2, -0.15) is 0 Å². The number of nitrogens with zero attached hydrogens (tertiary/aromatic N) is 1. The Balaban J connectivity index is 1.50. The van der Waals surface area contributed by atoms with Crippen molar-refractivity contribution in [2.45, 2.75) is 25.1 Å². The molecule has 0 saturated heterocycles. The van der Waals surface area contributed by atoms with Crippen molar-refractivity contribution in [3.63, 3.8) is 0 Å². The zero-order chi connectivity index (χ0) is 26.4. The first kappa shape index (κ1) is 24.2. The minimum Gasteiger partial charge on any atom is -0.493 e. The van der Waals surface area contributed by atoms with Crippen molar-refractivity contribution >= 4 is 11.7 Å². The van der Waals surface area contributed by atoms with E-state index >= 15 is 0 Å². The maximum absolute atomic E-state index is 13.2. The summed E-state index contributed by atoms with van der Waals surface area (Å²) in [4.78, 5) is 15.4. The van der Waals surface area contributed by atoms with E-state index in [1.165, 1.54) is 7.11 Å². The zero-order valence-electron chi connectivity index (χ0n) is 21.8. The van der Waals surface area contributed by atoms with Gasteiger partial charge in [0.25, 0.3) is 0 Å². The Labute approximate surface area is 221 Å². The van der Waals surface area contributed by atoms with Crippen LogP contribution in [0.5, 0.6) is 28.7 Å². The molecular formula is C29H30N2O7. The Morgan fingerprint density at radius 3 is 2.47 bits per heavy atom. The monoisotopic (exact) mass is 518 g/mol. The summed E-state index contributed by atoms with van der Waals surface area (Å²) in [6.07, 6.45) is 0.200. The molecule has 3 heterocycles. The molecule has 0 aliphatic carbocycles. The standard InChI is InChI=1S/C29H30N2O7/c1-31-13-12-17-19(14-30-16-8-6-5-7-9-16)25-28(37-15-36-25)27(35-4)21(17)23(31)24-18-10-11-20(33-2)26(34-3)22(18)29(32)38-24/h5-11,23-24,30H,12-15H2,1-4H3. The fourth-order valence-corrected chi connectivity index (χ4v) is 5.86. The van der Waals surface area contributed by atoms with E-state index in [2.05, 4.69) is 10.2 Å². The highest BCUT2D eigenvalue weighted by Crippen LogP contribution is 2.57. The third-order valence-corrected chi connectivity index (χ3v) is 7.57. The van der Waals surface area contributed by atoms with E-state index in [-0.39, 0.29) is 12.8 Å². The number of hydrogen-bond donors (Lipinski definition) is 1. The van der Waals surface area contributed by atoms with Gasteiger partial charge in [0.05, 0.1) is 27.4 Å². The second-order valence-corrected chi connectivity index (χ2v) is 9.46. The van der Waals surface area contributed by atoms with Gasteiger partial charge in [0.1, 0.15) is 11.7 Å². The molecule has 3 aromatic rings. The number of carbonyl (C=O) groups is 1. The Morgan fingerprint density at radius 2 is 1.74 bits per heavy atom. The van der Waals surface area contributed by atoms with E-state index in [0.717, 1.165) is 40.9 Å². The number of cyclic esters (lactones) is 1. The summed E-state index contributed by atoms with van der Waals surface area (Å²) in [7, 11) is 6.74. The van der Waals surface area contributed by atoms with Gasteiger partial charge in [-0.25, -0.2) is 4.79 Å². The number of nitrogens with one attached hydrogen (secondary N) is 1. The summed E-state index contributed by atoms with van der Waals surface area (Å²) >= 11 is 0. The highest BCUT2D eigenvalue weighted by Gasteiger charge is 2.47. The van der Waals surface area contributed by atoms with Crippen LogP contribution in [0.1, 0.15) is 44.8 Å². The minimum absolute atomic E-state index is 0.117. The third kappa shape index (κ3) is 3.68. The van der Waals surface area contributed by atoms with Gasteiger partial charge in [0.2, 0.25) is 12.5 Å². The first-order chi connectivity index (χ1) is 18.6. The van der Waals surface area contributed by atoms with Gasteiger partial charge >= 0.3 is 5.97 Å². The minimum atomic E-state index is -0.578. The van der Waals surface area contributed by atoms with Crippen LogP contribution >= 0.6 is 0 Å². The number of methoxy groups -OCH3 is 3. The van der Waals surface area contributed by atoms with Crippen molar-refractivity contribution in [3.8, 4) is 28.7 Å².